The molecule has 2 aromatic carbocycles. The van der Waals surface area contributed by atoms with E-state index in [1.165, 1.54) is 22.5 Å². The number of sulfonamides is 1. The molecule has 3 aromatic rings. The Morgan fingerprint density at radius 3 is 2.56 bits per heavy atom. The molecule has 7 nitrogen and oxygen atoms in total. The van der Waals surface area contributed by atoms with E-state index in [2.05, 4.69) is 10.6 Å². The van der Waals surface area contributed by atoms with Gasteiger partial charge in [-0.25, -0.2) is 8.42 Å². The lowest BCUT2D eigenvalue weighted by molar-refractivity contribution is -0.115. The van der Waals surface area contributed by atoms with Crippen molar-refractivity contribution < 1.29 is 17.6 Å². The highest BCUT2D eigenvalue weighted by molar-refractivity contribution is 7.92. The third kappa shape index (κ3) is 4.74. The molecular formula is C23H21N3O4S2. The summed E-state index contributed by atoms with van der Waals surface area (Å²) < 4.78 is 32.9. The molecule has 9 heteroatoms. The maximum Gasteiger partial charge on any atom is 0.264 e. The van der Waals surface area contributed by atoms with Crippen LogP contribution >= 0.6 is 12.2 Å². The Morgan fingerprint density at radius 2 is 1.84 bits per heavy atom. The number of fused-ring (bicyclic) bond motifs is 1. The third-order valence-electron chi connectivity index (χ3n) is 4.94. The van der Waals surface area contributed by atoms with E-state index in [1.54, 1.807) is 30.3 Å². The average molecular weight is 468 g/mol. The van der Waals surface area contributed by atoms with E-state index in [9.17, 15) is 13.2 Å². The Morgan fingerprint density at radius 1 is 1.09 bits per heavy atom. The number of carbonyl (C=O) groups excluding carboxylic acids is 1. The fourth-order valence-corrected chi connectivity index (χ4v) is 5.13. The first-order valence-electron chi connectivity index (χ1n) is 9.90. The monoisotopic (exact) mass is 467 g/mol. The van der Waals surface area contributed by atoms with Gasteiger partial charge in [0.15, 0.2) is 5.11 Å². The number of anilines is 2. The quantitative estimate of drug-likeness (QED) is 0.437. The standard InChI is InChI=1S/C23H21N3O4S2/c1-16-6-9-19(30-16)10-13-22(27)25-23(31)24-18-7-11-20(12-8-18)32(28,29)26-15-14-17-4-2-3-5-21(17)26/h2-13H,14-15H2,1H3,(H2,24,25,27,31)/b13-10+. The van der Waals surface area contributed by atoms with E-state index in [0.717, 1.165) is 17.0 Å². The lowest BCUT2D eigenvalue weighted by Crippen LogP contribution is -2.32. The topological polar surface area (TPSA) is 91.7 Å². The van der Waals surface area contributed by atoms with Crippen LogP contribution in [0.5, 0.6) is 0 Å². The van der Waals surface area contributed by atoms with Crippen molar-refractivity contribution in [2.24, 2.45) is 0 Å². The van der Waals surface area contributed by atoms with Gasteiger partial charge in [0, 0.05) is 18.3 Å². The van der Waals surface area contributed by atoms with Crippen molar-refractivity contribution >= 4 is 50.7 Å². The number of carbonyl (C=O) groups is 1. The van der Waals surface area contributed by atoms with E-state index in [0.29, 0.717) is 24.4 Å². The van der Waals surface area contributed by atoms with E-state index in [1.807, 2.05) is 31.2 Å². The summed E-state index contributed by atoms with van der Waals surface area (Å²) in [5, 5.41) is 5.50. The van der Waals surface area contributed by atoms with Crippen LogP contribution < -0.4 is 14.9 Å². The Balaban J connectivity index is 1.38. The number of nitrogens with one attached hydrogen (secondary N) is 2. The number of nitrogens with zero attached hydrogens (tertiary/aromatic N) is 1. The Labute approximate surface area is 191 Å². The molecule has 0 saturated heterocycles. The van der Waals surface area contributed by atoms with Gasteiger partial charge >= 0.3 is 0 Å². The first-order valence-corrected chi connectivity index (χ1v) is 11.7. The van der Waals surface area contributed by atoms with E-state index >= 15 is 0 Å². The van der Waals surface area contributed by atoms with Crippen LogP contribution in [0.1, 0.15) is 17.1 Å². The van der Waals surface area contributed by atoms with Crippen molar-refractivity contribution in [3.63, 3.8) is 0 Å². The second kappa shape index (κ2) is 8.97. The van der Waals surface area contributed by atoms with Crippen LogP contribution in [0, 0.1) is 6.92 Å². The van der Waals surface area contributed by atoms with Crippen LogP contribution in [-0.4, -0.2) is 26.0 Å². The van der Waals surface area contributed by atoms with Crippen LogP contribution in [0.2, 0.25) is 0 Å². The fraction of sp³-hybridized carbons (Fsp3) is 0.130. The molecular weight excluding hydrogens is 446 g/mol. The Bertz CT molecular complexity index is 1290. The molecule has 0 fully saturated rings. The molecule has 0 radical (unpaired) electrons. The summed E-state index contributed by atoms with van der Waals surface area (Å²) in [4.78, 5) is 12.2. The molecule has 2 heterocycles. The van der Waals surface area contributed by atoms with Gasteiger partial charge in [-0.2, -0.15) is 0 Å². The maximum absolute atomic E-state index is 13.1. The molecule has 32 heavy (non-hydrogen) atoms. The first kappa shape index (κ1) is 21.8. The highest BCUT2D eigenvalue weighted by Gasteiger charge is 2.30. The van der Waals surface area contributed by atoms with Crippen LogP contribution in [0.25, 0.3) is 6.08 Å². The van der Waals surface area contributed by atoms with Gasteiger partial charge in [-0.05, 0) is 79.7 Å². The number of hydrogen-bond donors (Lipinski definition) is 2. The van der Waals surface area contributed by atoms with Gasteiger partial charge in [0.1, 0.15) is 11.5 Å². The zero-order valence-electron chi connectivity index (χ0n) is 17.2. The number of benzene rings is 2. The van der Waals surface area contributed by atoms with Crippen molar-refractivity contribution in [1.29, 1.82) is 0 Å². The molecule has 1 aromatic heterocycles. The number of hydrogen-bond acceptors (Lipinski definition) is 5. The maximum atomic E-state index is 13.1. The fourth-order valence-electron chi connectivity index (χ4n) is 3.41. The van der Waals surface area contributed by atoms with Gasteiger partial charge in [0.2, 0.25) is 5.91 Å². The van der Waals surface area contributed by atoms with Crippen molar-refractivity contribution in [1.82, 2.24) is 5.32 Å². The van der Waals surface area contributed by atoms with E-state index < -0.39 is 15.9 Å². The second-order valence-electron chi connectivity index (χ2n) is 7.21. The molecule has 164 valence electrons. The largest absolute Gasteiger partial charge is 0.462 e. The Kier molecular flexibility index (Phi) is 6.11. The minimum Gasteiger partial charge on any atom is -0.462 e. The highest BCUT2D eigenvalue weighted by atomic mass is 32.2. The predicted molar refractivity (Wildman–Crippen MR) is 128 cm³/mol. The number of rotatable bonds is 5. The van der Waals surface area contributed by atoms with Crippen molar-refractivity contribution in [2.45, 2.75) is 18.2 Å². The third-order valence-corrected chi connectivity index (χ3v) is 6.97. The molecule has 2 N–H and O–H groups in total. The van der Waals surface area contributed by atoms with E-state index in [4.69, 9.17) is 16.6 Å². The Hall–Kier alpha value is -3.43. The predicted octanol–water partition coefficient (Wildman–Crippen LogP) is 3.87. The minimum atomic E-state index is -3.66. The number of thiocarbonyl (C=S) groups is 1. The molecule has 0 spiro atoms. The SMILES string of the molecule is Cc1ccc(/C=C/C(=O)NC(=S)Nc2ccc(S(=O)(=O)N3CCc4ccccc43)cc2)o1. The first-order chi connectivity index (χ1) is 15.3. The van der Waals surface area contributed by atoms with Gasteiger partial charge in [0.05, 0.1) is 10.6 Å². The van der Waals surface area contributed by atoms with Crippen molar-refractivity contribution in [3.8, 4) is 0 Å². The van der Waals surface area contributed by atoms with Gasteiger partial charge in [-0.1, -0.05) is 18.2 Å². The summed E-state index contributed by atoms with van der Waals surface area (Å²) in [6, 6.07) is 17.3. The summed E-state index contributed by atoms with van der Waals surface area (Å²) in [6.45, 7) is 2.24. The smallest absolute Gasteiger partial charge is 0.264 e. The van der Waals surface area contributed by atoms with Crippen LogP contribution in [0.4, 0.5) is 11.4 Å². The molecule has 0 bridgehead atoms. The zero-order chi connectivity index (χ0) is 22.7. The molecule has 0 unspecified atom stereocenters. The normalized spacial score (nSPS) is 13.2. The van der Waals surface area contributed by atoms with Gasteiger partial charge in [-0.3, -0.25) is 14.4 Å². The van der Waals surface area contributed by atoms with Crippen LogP contribution in [0.15, 0.2) is 76.1 Å². The second-order valence-corrected chi connectivity index (χ2v) is 9.48. The molecule has 0 atom stereocenters. The number of aryl methyl sites for hydroxylation is 1. The van der Waals surface area contributed by atoms with Crippen LogP contribution in [-0.2, 0) is 21.2 Å². The number of amides is 1. The lowest BCUT2D eigenvalue weighted by atomic mass is 10.2. The summed E-state index contributed by atoms with van der Waals surface area (Å²) in [7, 11) is -3.66. The van der Waals surface area contributed by atoms with Gasteiger partial charge in [-0.15, -0.1) is 0 Å². The lowest BCUT2D eigenvalue weighted by Gasteiger charge is -2.19. The van der Waals surface area contributed by atoms with Crippen molar-refractivity contribution in [3.05, 3.63) is 83.8 Å². The highest BCUT2D eigenvalue weighted by Crippen LogP contribution is 2.32. The average Bonchev–Trinajstić information content (AvgIpc) is 3.39. The molecule has 0 saturated carbocycles. The summed E-state index contributed by atoms with van der Waals surface area (Å²) in [5.41, 5.74) is 2.30. The molecule has 1 aliphatic heterocycles. The minimum absolute atomic E-state index is 0.0966. The number of furan rings is 1. The number of para-hydroxylation sites is 1. The van der Waals surface area contributed by atoms with Gasteiger partial charge < -0.3 is 9.73 Å². The van der Waals surface area contributed by atoms with Gasteiger partial charge in [0.25, 0.3) is 10.0 Å². The van der Waals surface area contributed by atoms with E-state index in [-0.39, 0.29) is 10.0 Å². The summed E-state index contributed by atoms with van der Waals surface area (Å²) >= 11 is 5.16. The summed E-state index contributed by atoms with van der Waals surface area (Å²) in [5.74, 6) is 0.902. The molecule has 1 amide bonds. The van der Waals surface area contributed by atoms with Crippen LogP contribution in [0.3, 0.4) is 0 Å². The van der Waals surface area contributed by atoms with Crippen molar-refractivity contribution in [2.75, 3.05) is 16.2 Å². The summed E-state index contributed by atoms with van der Waals surface area (Å²) in [6.07, 6.45) is 3.55. The zero-order valence-corrected chi connectivity index (χ0v) is 18.9. The molecule has 0 aliphatic carbocycles. The molecule has 4 rings (SSSR count). The molecule has 1 aliphatic rings.